The fraction of sp³-hybridized carbons (Fsp3) is 0.125. The maximum absolute atomic E-state index is 13.3. The van der Waals surface area contributed by atoms with Crippen LogP contribution in [0.4, 0.5) is 10.1 Å². The first-order valence-electron chi connectivity index (χ1n) is 9.54. The topological polar surface area (TPSA) is 64.0 Å². The Morgan fingerprint density at radius 3 is 2.53 bits per heavy atom. The van der Waals surface area contributed by atoms with Crippen LogP contribution in [0.15, 0.2) is 71.7 Å². The van der Waals surface area contributed by atoms with Crippen LogP contribution in [0.25, 0.3) is 11.0 Å². The Labute approximate surface area is 172 Å². The summed E-state index contributed by atoms with van der Waals surface area (Å²) >= 11 is 0. The zero-order valence-electron chi connectivity index (χ0n) is 16.6. The summed E-state index contributed by atoms with van der Waals surface area (Å²) in [6.07, 6.45) is 1.59. The summed E-state index contributed by atoms with van der Waals surface area (Å²) in [5.74, 6) is -0.836. The quantitative estimate of drug-likeness (QED) is 0.549. The van der Waals surface area contributed by atoms with Crippen molar-refractivity contribution in [3.63, 3.8) is 0 Å². The number of anilines is 1. The van der Waals surface area contributed by atoms with Gasteiger partial charge in [-0.1, -0.05) is 18.2 Å². The molecule has 4 aromatic rings. The minimum Gasteiger partial charge on any atom is -0.322 e. The van der Waals surface area contributed by atoms with Crippen LogP contribution in [-0.4, -0.2) is 15.5 Å². The lowest BCUT2D eigenvalue weighted by Gasteiger charge is -2.13. The van der Waals surface area contributed by atoms with E-state index in [9.17, 15) is 14.0 Å². The van der Waals surface area contributed by atoms with E-state index in [4.69, 9.17) is 0 Å². The van der Waals surface area contributed by atoms with Crippen LogP contribution in [0.1, 0.15) is 27.0 Å². The minimum atomic E-state index is -0.484. The number of fused-ring (bicyclic) bond motifs is 1. The van der Waals surface area contributed by atoms with E-state index in [0.29, 0.717) is 16.7 Å². The predicted octanol–water partition coefficient (Wildman–Crippen LogP) is 4.45. The summed E-state index contributed by atoms with van der Waals surface area (Å²) in [5, 5.41) is 3.48. The summed E-state index contributed by atoms with van der Waals surface area (Å²) in [7, 11) is 0. The molecule has 0 aliphatic carbocycles. The molecule has 0 spiro atoms. The molecular formula is C24H20FN3O2. The average molecular weight is 401 g/mol. The highest BCUT2D eigenvalue weighted by molar-refractivity contribution is 6.05. The second-order valence-corrected chi connectivity index (χ2v) is 7.25. The Morgan fingerprint density at radius 1 is 1.03 bits per heavy atom. The fourth-order valence-electron chi connectivity index (χ4n) is 3.31. The number of amides is 1. The van der Waals surface area contributed by atoms with Gasteiger partial charge in [-0.05, 0) is 73.0 Å². The van der Waals surface area contributed by atoms with Gasteiger partial charge in [-0.25, -0.2) is 9.37 Å². The summed E-state index contributed by atoms with van der Waals surface area (Å²) < 4.78 is 14.7. The zero-order valence-corrected chi connectivity index (χ0v) is 16.6. The van der Waals surface area contributed by atoms with Gasteiger partial charge in [0.1, 0.15) is 17.0 Å². The molecule has 6 heteroatoms. The normalized spacial score (nSPS) is 10.9. The molecule has 1 N–H and O–H groups in total. The van der Waals surface area contributed by atoms with Crippen LogP contribution < -0.4 is 10.9 Å². The average Bonchev–Trinajstić information content (AvgIpc) is 2.74. The summed E-state index contributed by atoms with van der Waals surface area (Å²) in [6.45, 7) is 4.13. The smallest absolute Gasteiger partial charge is 0.265 e. The molecule has 0 atom stereocenters. The number of nitrogens with one attached hydrogen (secondary N) is 1. The van der Waals surface area contributed by atoms with Crippen LogP contribution >= 0.6 is 0 Å². The van der Waals surface area contributed by atoms with Gasteiger partial charge >= 0.3 is 0 Å². The van der Waals surface area contributed by atoms with Crippen molar-refractivity contribution >= 4 is 22.6 Å². The Morgan fingerprint density at radius 2 is 1.80 bits per heavy atom. The van der Waals surface area contributed by atoms with Crippen LogP contribution in [0.2, 0.25) is 0 Å². The van der Waals surface area contributed by atoms with Gasteiger partial charge in [0.2, 0.25) is 0 Å². The van der Waals surface area contributed by atoms with Gasteiger partial charge in [-0.15, -0.1) is 0 Å². The third kappa shape index (κ3) is 3.85. The highest BCUT2D eigenvalue weighted by atomic mass is 19.1. The molecule has 5 nitrogen and oxygen atoms in total. The molecule has 0 aliphatic rings. The molecule has 2 aromatic carbocycles. The van der Waals surface area contributed by atoms with Crippen LogP contribution in [0.3, 0.4) is 0 Å². The molecule has 30 heavy (non-hydrogen) atoms. The van der Waals surface area contributed by atoms with Crippen molar-refractivity contribution < 1.29 is 9.18 Å². The van der Waals surface area contributed by atoms with Gasteiger partial charge in [0, 0.05) is 17.3 Å². The first kappa shape index (κ1) is 19.5. The van der Waals surface area contributed by atoms with Crippen molar-refractivity contribution in [1.29, 1.82) is 0 Å². The first-order valence-corrected chi connectivity index (χ1v) is 9.54. The van der Waals surface area contributed by atoms with E-state index in [2.05, 4.69) is 10.3 Å². The van der Waals surface area contributed by atoms with Gasteiger partial charge in [0.05, 0.1) is 6.54 Å². The highest BCUT2D eigenvalue weighted by Gasteiger charge is 2.17. The number of nitrogens with zero attached hydrogens (tertiary/aromatic N) is 2. The Balaban J connectivity index is 1.77. The number of halogens is 1. The van der Waals surface area contributed by atoms with Gasteiger partial charge in [0.25, 0.3) is 11.5 Å². The number of aromatic nitrogens is 2. The lowest BCUT2D eigenvalue weighted by molar-refractivity contribution is 0.102. The summed E-state index contributed by atoms with van der Waals surface area (Å²) in [4.78, 5) is 30.4. The number of benzene rings is 2. The minimum absolute atomic E-state index is 0.0239. The molecule has 0 saturated heterocycles. The largest absolute Gasteiger partial charge is 0.322 e. The van der Waals surface area contributed by atoms with Crippen molar-refractivity contribution in [2.45, 2.75) is 20.4 Å². The Kier molecular flexibility index (Phi) is 5.14. The second kappa shape index (κ2) is 7.91. The van der Waals surface area contributed by atoms with E-state index in [1.54, 1.807) is 42.6 Å². The molecule has 0 bridgehead atoms. The highest BCUT2D eigenvalue weighted by Crippen LogP contribution is 2.17. The fourth-order valence-corrected chi connectivity index (χ4v) is 3.31. The summed E-state index contributed by atoms with van der Waals surface area (Å²) in [6, 6.07) is 16.6. The van der Waals surface area contributed by atoms with E-state index in [0.717, 1.165) is 16.7 Å². The monoisotopic (exact) mass is 401 g/mol. The molecule has 0 radical (unpaired) electrons. The summed E-state index contributed by atoms with van der Waals surface area (Å²) in [5.41, 5.74) is 3.56. The SMILES string of the molecule is Cc1ccc(NC(=O)c2cc3cccnc3n(Cc3ccc(F)cc3)c2=O)cc1C. The number of pyridine rings is 2. The zero-order chi connectivity index (χ0) is 21.3. The maximum atomic E-state index is 13.3. The van der Waals surface area contributed by atoms with Gasteiger partial charge in [-0.3, -0.25) is 14.2 Å². The van der Waals surface area contributed by atoms with Crippen molar-refractivity contribution in [3.8, 4) is 0 Å². The van der Waals surface area contributed by atoms with Crippen molar-refractivity contribution in [2.75, 3.05) is 5.32 Å². The number of hydrogen-bond donors (Lipinski definition) is 1. The van der Waals surface area contributed by atoms with Gasteiger partial charge in [0.15, 0.2) is 0 Å². The number of rotatable bonds is 4. The molecule has 2 aromatic heterocycles. The van der Waals surface area contributed by atoms with E-state index in [-0.39, 0.29) is 17.9 Å². The molecule has 0 saturated carbocycles. The van der Waals surface area contributed by atoms with Crippen LogP contribution in [0.5, 0.6) is 0 Å². The van der Waals surface area contributed by atoms with Crippen molar-refractivity contribution in [3.05, 3.63) is 105 Å². The third-order valence-corrected chi connectivity index (χ3v) is 5.11. The second-order valence-electron chi connectivity index (χ2n) is 7.25. The van der Waals surface area contributed by atoms with Crippen molar-refractivity contribution in [1.82, 2.24) is 9.55 Å². The number of carbonyl (C=O) groups excluding carboxylic acids is 1. The third-order valence-electron chi connectivity index (χ3n) is 5.11. The standard InChI is InChI=1S/C24H20FN3O2/c1-15-5-10-20(12-16(15)2)27-23(29)21-13-18-4-3-11-26-22(18)28(24(21)30)14-17-6-8-19(25)9-7-17/h3-13H,14H2,1-2H3,(H,27,29). The Bertz CT molecular complexity index is 1310. The number of aryl methyl sites for hydroxylation is 2. The van der Waals surface area contributed by atoms with E-state index in [1.807, 2.05) is 26.0 Å². The number of carbonyl (C=O) groups is 1. The molecular weight excluding hydrogens is 381 g/mol. The van der Waals surface area contributed by atoms with E-state index in [1.165, 1.54) is 16.7 Å². The maximum Gasteiger partial charge on any atom is 0.265 e. The molecule has 2 heterocycles. The molecule has 0 unspecified atom stereocenters. The van der Waals surface area contributed by atoms with Gasteiger partial charge < -0.3 is 5.32 Å². The van der Waals surface area contributed by atoms with E-state index >= 15 is 0 Å². The molecule has 0 aliphatic heterocycles. The van der Waals surface area contributed by atoms with Crippen LogP contribution in [0, 0.1) is 19.7 Å². The van der Waals surface area contributed by atoms with E-state index < -0.39 is 11.5 Å². The molecule has 4 rings (SSSR count). The predicted molar refractivity (Wildman–Crippen MR) is 115 cm³/mol. The van der Waals surface area contributed by atoms with Gasteiger partial charge in [-0.2, -0.15) is 0 Å². The molecule has 1 amide bonds. The molecule has 150 valence electrons. The lowest BCUT2D eigenvalue weighted by Crippen LogP contribution is -2.30. The lowest BCUT2D eigenvalue weighted by atomic mass is 10.1. The first-order chi connectivity index (χ1) is 14.4. The number of hydrogen-bond acceptors (Lipinski definition) is 3. The Hall–Kier alpha value is -3.80. The molecule has 0 fully saturated rings. The van der Waals surface area contributed by atoms with Crippen molar-refractivity contribution in [2.24, 2.45) is 0 Å². The van der Waals surface area contributed by atoms with Crippen LogP contribution in [-0.2, 0) is 6.54 Å².